The Kier molecular flexibility index (Phi) is 3.01. The number of halogens is 3. The van der Waals surface area contributed by atoms with Crippen LogP contribution in [-0.4, -0.2) is 5.11 Å². The van der Waals surface area contributed by atoms with Crippen molar-refractivity contribution in [1.82, 2.24) is 0 Å². The van der Waals surface area contributed by atoms with E-state index in [2.05, 4.69) is 5.18 Å². The fourth-order valence-corrected chi connectivity index (χ4v) is 1.52. The van der Waals surface area contributed by atoms with Crippen molar-refractivity contribution in [2.24, 2.45) is 5.18 Å². The molecule has 0 radical (unpaired) electrons. The predicted octanol–water partition coefficient (Wildman–Crippen LogP) is 3.87. The molecule has 0 fully saturated rings. The van der Waals surface area contributed by atoms with Crippen molar-refractivity contribution in [3.63, 3.8) is 0 Å². The third-order valence-corrected chi connectivity index (χ3v) is 2.39. The van der Waals surface area contributed by atoms with Crippen LogP contribution in [0.25, 0.3) is 11.1 Å². The molecule has 0 amide bonds. The second-order valence-electron chi connectivity index (χ2n) is 3.54. The van der Waals surface area contributed by atoms with Crippen LogP contribution in [0.5, 0.6) is 5.75 Å². The molecule has 2 aromatic rings. The molecule has 92 valence electrons. The van der Waals surface area contributed by atoms with E-state index in [0.717, 1.165) is 18.2 Å². The summed E-state index contributed by atoms with van der Waals surface area (Å²) in [5.74, 6) is -4.34. The van der Waals surface area contributed by atoms with Gasteiger partial charge in [0.25, 0.3) is 0 Å². The Morgan fingerprint density at radius 2 is 1.56 bits per heavy atom. The summed E-state index contributed by atoms with van der Waals surface area (Å²) < 4.78 is 39.8. The first-order chi connectivity index (χ1) is 8.52. The van der Waals surface area contributed by atoms with E-state index in [9.17, 15) is 18.1 Å². The highest BCUT2D eigenvalue weighted by Gasteiger charge is 2.13. The van der Waals surface area contributed by atoms with Gasteiger partial charge < -0.3 is 5.11 Å². The van der Waals surface area contributed by atoms with Crippen LogP contribution in [0.1, 0.15) is 0 Å². The zero-order valence-electron chi connectivity index (χ0n) is 8.82. The lowest BCUT2D eigenvalue weighted by Gasteiger charge is -2.05. The van der Waals surface area contributed by atoms with Gasteiger partial charge in [-0.05, 0) is 35.0 Å². The topological polar surface area (TPSA) is 49.7 Å². The molecule has 0 spiro atoms. The molecule has 0 aliphatic heterocycles. The molecule has 2 aromatic carbocycles. The van der Waals surface area contributed by atoms with Crippen molar-refractivity contribution in [3.05, 3.63) is 52.7 Å². The maximum atomic E-state index is 13.6. The standard InChI is InChI=1S/C12H6F3NO2/c13-9-5-7(16-18)1-2-8(9)6-3-10(14)12(17)11(15)4-6/h1-5,17H. The number of phenols is 1. The highest BCUT2D eigenvalue weighted by Crippen LogP contribution is 2.31. The van der Waals surface area contributed by atoms with Gasteiger partial charge in [0.05, 0.1) is 0 Å². The van der Waals surface area contributed by atoms with E-state index in [0.29, 0.717) is 0 Å². The average Bonchev–Trinajstić information content (AvgIpc) is 2.35. The fourth-order valence-electron chi connectivity index (χ4n) is 1.52. The first-order valence-electron chi connectivity index (χ1n) is 4.84. The van der Waals surface area contributed by atoms with E-state index >= 15 is 0 Å². The third kappa shape index (κ3) is 2.04. The number of hydrogen-bond donors (Lipinski definition) is 1. The summed E-state index contributed by atoms with van der Waals surface area (Å²) in [6.45, 7) is 0. The number of hydrogen-bond acceptors (Lipinski definition) is 3. The van der Waals surface area contributed by atoms with Gasteiger partial charge in [0.2, 0.25) is 0 Å². The van der Waals surface area contributed by atoms with E-state index in [1.807, 2.05) is 0 Å². The van der Waals surface area contributed by atoms with Gasteiger partial charge in [-0.3, -0.25) is 0 Å². The SMILES string of the molecule is O=Nc1ccc(-c2cc(F)c(O)c(F)c2)c(F)c1. The van der Waals surface area contributed by atoms with Gasteiger partial charge in [-0.25, -0.2) is 13.2 Å². The average molecular weight is 253 g/mol. The Morgan fingerprint density at radius 3 is 2.06 bits per heavy atom. The van der Waals surface area contributed by atoms with E-state index in [-0.39, 0.29) is 16.8 Å². The summed E-state index contributed by atoms with van der Waals surface area (Å²) in [4.78, 5) is 10.2. The number of benzene rings is 2. The van der Waals surface area contributed by atoms with Gasteiger partial charge in [-0.2, -0.15) is 0 Å². The lowest BCUT2D eigenvalue weighted by molar-refractivity contribution is 0.396. The van der Waals surface area contributed by atoms with Crippen LogP contribution < -0.4 is 0 Å². The fraction of sp³-hybridized carbons (Fsp3) is 0. The van der Waals surface area contributed by atoms with Crippen molar-refractivity contribution >= 4 is 5.69 Å². The van der Waals surface area contributed by atoms with Gasteiger partial charge in [0, 0.05) is 11.6 Å². The molecule has 3 nitrogen and oxygen atoms in total. The smallest absolute Gasteiger partial charge is 0.187 e. The largest absolute Gasteiger partial charge is 0.503 e. The highest BCUT2D eigenvalue weighted by molar-refractivity contribution is 5.67. The minimum absolute atomic E-state index is 0.0854. The van der Waals surface area contributed by atoms with E-state index < -0.39 is 23.2 Å². The van der Waals surface area contributed by atoms with Crippen LogP contribution in [0.4, 0.5) is 18.9 Å². The molecule has 6 heteroatoms. The van der Waals surface area contributed by atoms with Crippen molar-refractivity contribution < 1.29 is 18.3 Å². The molecule has 0 heterocycles. The number of nitroso groups, excluding NO2 is 1. The third-order valence-electron chi connectivity index (χ3n) is 2.39. The molecule has 0 saturated heterocycles. The van der Waals surface area contributed by atoms with Crippen LogP contribution in [0, 0.1) is 22.4 Å². The Balaban J connectivity index is 2.59. The molecule has 0 saturated carbocycles. The van der Waals surface area contributed by atoms with Crippen LogP contribution >= 0.6 is 0 Å². The summed E-state index contributed by atoms with van der Waals surface area (Å²) in [6.07, 6.45) is 0. The van der Waals surface area contributed by atoms with Crippen LogP contribution in [0.15, 0.2) is 35.5 Å². The second-order valence-corrected chi connectivity index (χ2v) is 3.54. The summed E-state index contributed by atoms with van der Waals surface area (Å²) in [6, 6.07) is 4.84. The minimum atomic E-state index is -1.19. The van der Waals surface area contributed by atoms with Crippen molar-refractivity contribution in [2.75, 3.05) is 0 Å². The molecule has 18 heavy (non-hydrogen) atoms. The van der Waals surface area contributed by atoms with Gasteiger partial charge >= 0.3 is 0 Å². The Hall–Kier alpha value is -2.37. The van der Waals surface area contributed by atoms with E-state index in [4.69, 9.17) is 5.11 Å². The summed E-state index contributed by atoms with van der Waals surface area (Å²) >= 11 is 0. The van der Waals surface area contributed by atoms with Crippen LogP contribution in [0.2, 0.25) is 0 Å². The predicted molar refractivity (Wildman–Crippen MR) is 58.9 cm³/mol. The highest BCUT2D eigenvalue weighted by atomic mass is 19.1. The second kappa shape index (κ2) is 4.48. The first kappa shape index (κ1) is 12.1. The number of phenolic OH excluding ortho intramolecular Hbond substituents is 1. The molecule has 0 unspecified atom stereocenters. The normalized spacial score (nSPS) is 10.4. The van der Waals surface area contributed by atoms with Crippen molar-refractivity contribution in [1.29, 1.82) is 0 Å². The summed E-state index contributed by atoms with van der Waals surface area (Å²) in [5.41, 5.74) is -0.311. The quantitative estimate of drug-likeness (QED) is 0.826. The molecule has 0 atom stereocenters. The van der Waals surface area contributed by atoms with E-state index in [1.165, 1.54) is 12.1 Å². The van der Waals surface area contributed by atoms with Gasteiger partial charge in [0.1, 0.15) is 11.5 Å². The summed E-state index contributed by atoms with van der Waals surface area (Å²) in [7, 11) is 0. The zero-order chi connectivity index (χ0) is 13.3. The van der Waals surface area contributed by atoms with Crippen molar-refractivity contribution in [3.8, 4) is 16.9 Å². The molecule has 0 aromatic heterocycles. The Morgan fingerprint density at radius 1 is 0.944 bits per heavy atom. The van der Waals surface area contributed by atoms with Crippen LogP contribution in [-0.2, 0) is 0 Å². The van der Waals surface area contributed by atoms with E-state index in [1.54, 1.807) is 0 Å². The maximum Gasteiger partial charge on any atom is 0.187 e. The Bertz CT molecular complexity index is 606. The Labute approximate surface area is 99.5 Å². The monoisotopic (exact) mass is 253 g/mol. The lowest BCUT2D eigenvalue weighted by atomic mass is 10.0. The maximum absolute atomic E-state index is 13.6. The van der Waals surface area contributed by atoms with Crippen molar-refractivity contribution in [2.45, 2.75) is 0 Å². The number of nitrogens with zero attached hydrogens (tertiary/aromatic N) is 1. The summed E-state index contributed by atoms with van der Waals surface area (Å²) in [5, 5.41) is 11.5. The molecule has 1 N–H and O–H groups in total. The van der Waals surface area contributed by atoms with Crippen LogP contribution in [0.3, 0.4) is 0 Å². The molecule has 0 aliphatic rings. The molecule has 0 bridgehead atoms. The van der Waals surface area contributed by atoms with Gasteiger partial charge in [-0.15, -0.1) is 4.91 Å². The zero-order valence-corrected chi connectivity index (χ0v) is 8.82. The number of aromatic hydroxyl groups is 1. The molecule has 2 rings (SSSR count). The first-order valence-corrected chi connectivity index (χ1v) is 4.84. The minimum Gasteiger partial charge on any atom is -0.503 e. The van der Waals surface area contributed by atoms with Gasteiger partial charge in [0.15, 0.2) is 17.4 Å². The number of rotatable bonds is 2. The lowest BCUT2D eigenvalue weighted by Crippen LogP contribution is -1.89. The van der Waals surface area contributed by atoms with Gasteiger partial charge in [-0.1, -0.05) is 0 Å². The molecular formula is C12H6F3NO2. The molecule has 0 aliphatic carbocycles. The molecular weight excluding hydrogens is 247 g/mol.